The number of nitrogens with one attached hydrogen (secondary N) is 3. The van der Waals surface area contributed by atoms with Gasteiger partial charge in [0.05, 0.1) is 6.04 Å². The van der Waals surface area contributed by atoms with E-state index in [1.165, 1.54) is 5.56 Å². The average molecular weight is 233 g/mol. The lowest BCUT2D eigenvalue weighted by molar-refractivity contribution is -0.123. The van der Waals surface area contributed by atoms with Crippen molar-refractivity contribution in [2.24, 2.45) is 0 Å². The van der Waals surface area contributed by atoms with Crippen LogP contribution in [0.4, 0.5) is 0 Å². The van der Waals surface area contributed by atoms with Gasteiger partial charge in [-0.3, -0.25) is 4.79 Å². The number of amides is 1. The van der Waals surface area contributed by atoms with E-state index in [0.29, 0.717) is 13.1 Å². The lowest BCUT2D eigenvalue weighted by Crippen LogP contribution is -2.55. The van der Waals surface area contributed by atoms with Crippen molar-refractivity contribution in [3.63, 3.8) is 0 Å². The predicted molar refractivity (Wildman–Crippen MR) is 67.7 cm³/mol. The maximum Gasteiger partial charge on any atom is 0.238 e. The Morgan fingerprint density at radius 1 is 1.47 bits per heavy atom. The van der Waals surface area contributed by atoms with Gasteiger partial charge in [0, 0.05) is 26.2 Å². The molecular weight excluding hydrogens is 214 g/mol. The summed E-state index contributed by atoms with van der Waals surface area (Å²) >= 11 is 0. The molecule has 2 rings (SSSR count). The van der Waals surface area contributed by atoms with Crippen molar-refractivity contribution in [3.8, 4) is 0 Å². The highest BCUT2D eigenvalue weighted by molar-refractivity contribution is 5.82. The first-order valence-corrected chi connectivity index (χ1v) is 6.03. The van der Waals surface area contributed by atoms with E-state index in [0.717, 1.165) is 18.7 Å². The van der Waals surface area contributed by atoms with Gasteiger partial charge in [0.15, 0.2) is 0 Å². The summed E-state index contributed by atoms with van der Waals surface area (Å²) in [5, 5.41) is 9.35. The van der Waals surface area contributed by atoms with E-state index in [1.807, 2.05) is 12.1 Å². The summed E-state index contributed by atoms with van der Waals surface area (Å²) in [6.07, 6.45) is 0. The van der Waals surface area contributed by atoms with Crippen molar-refractivity contribution < 1.29 is 4.79 Å². The lowest BCUT2D eigenvalue weighted by Gasteiger charge is -2.23. The first-order valence-electron chi connectivity index (χ1n) is 6.03. The summed E-state index contributed by atoms with van der Waals surface area (Å²) in [4.78, 5) is 11.8. The molecule has 1 aromatic carbocycles. The fourth-order valence-electron chi connectivity index (χ4n) is 1.97. The SMILES string of the molecule is Cc1cccc(CNC(=O)C2CNCCN2)c1. The number of carbonyl (C=O) groups excluding carboxylic acids is 1. The Morgan fingerprint density at radius 2 is 2.35 bits per heavy atom. The minimum Gasteiger partial charge on any atom is -0.351 e. The molecular formula is C13H19N3O. The summed E-state index contributed by atoms with van der Waals surface area (Å²) in [6, 6.07) is 8.08. The molecule has 0 aliphatic carbocycles. The molecule has 4 heteroatoms. The van der Waals surface area contributed by atoms with Gasteiger partial charge in [0.2, 0.25) is 5.91 Å². The first kappa shape index (κ1) is 12.1. The molecule has 0 radical (unpaired) electrons. The van der Waals surface area contributed by atoms with Crippen molar-refractivity contribution in [2.45, 2.75) is 19.5 Å². The number of benzene rings is 1. The second-order valence-corrected chi connectivity index (χ2v) is 4.42. The fourth-order valence-corrected chi connectivity index (χ4v) is 1.97. The van der Waals surface area contributed by atoms with E-state index in [9.17, 15) is 4.79 Å². The normalized spacial score (nSPS) is 19.9. The summed E-state index contributed by atoms with van der Waals surface area (Å²) in [5.74, 6) is 0.0682. The number of hydrogen-bond donors (Lipinski definition) is 3. The van der Waals surface area contributed by atoms with Crippen molar-refractivity contribution in [1.82, 2.24) is 16.0 Å². The molecule has 0 spiro atoms. The Morgan fingerprint density at radius 3 is 3.06 bits per heavy atom. The number of rotatable bonds is 3. The van der Waals surface area contributed by atoms with Crippen LogP contribution in [0, 0.1) is 6.92 Å². The molecule has 92 valence electrons. The van der Waals surface area contributed by atoms with E-state index in [2.05, 4.69) is 35.0 Å². The van der Waals surface area contributed by atoms with Gasteiger partial charge in [-0.25, -0.2) is 0 Å². The van der Waals surface area contributed by atoms with Crippen molar-refractivity contribution in [3.05, 3.63) is 35.4 Å². The van der Waals surface area contributed by atoms with Crippen LogP contribution in [0.25, 0.3) is 0 Å². The second-order valence-electron chi connectivity index (χ2n) is 4.42. The standard InChI is InChI=1S/C13H19N3O/c1-10-3-2-4-11(7-10)8-16-13(17)12-9-14-5-6-15-12/h2-4,7,12,14-15H,5-6,8-9H2,1H3,(H,16,17). The minimum absolute atomic E-state index is 0.0682. The maximum absolute atomic E-state index is 11.8. The highest BCUT2D eigenvalue weighted by Gasteiger charge is 2.19. The van der Waals surface area contributed by atoms with Crippen LogP contribution in [-0.2, 0) is 11.3 Å². The highest BCUT2D eigenvalue weighted by Crippen LogP contribution is 2.03. The topological polar surface area (TPSA) is 53.2 Å². The van der Waals surface area contributed by atoms with Crippen LogP contribution in [0.3, 0.4) is 0 Å². The molecule has 0 aromatic heterocycles. The number of carbonyl (C=O) groups is 1. The molecule has 1 amide bonds. The van der Waals surface area contributed by atoms with Gasteiger partial charge < -0.3 is 16.0 Å². The maximum atomic E-state index is 11.8. The second kappa shape index (κ2) is 5.80. The Bertz CT molecular complexity index is 386. The van der Waals surface area contributed by atoms with Gasteiger partial charge in [-0.2, -0.15) is 0 Å². The average Bonchev–Trinajstić information content (AvgIpc) is 2.37. The molecule has 1 aliphatic heterocycles. The van der Waals surface area contributed by atoms with Crippen molar-refractivity contribution in [1.29, 1.82) is 0 Å². The van der Waals surface area contributed by atoms with E-state index in [4.69, 9.17) is 0 Å². The molecule has 1 atom stereocenters. The van der Waals surface area contributed by atoms with Gasteiger partial charge in [0.25, 0.3) is 0 Å². The van der Waals surface area contributed by atoms with Gasteiger partial charge >= 0.3 is 0 Å². The Hall–Kier alpha value is -1.39. The monoisotopic (exact) mass is 233 g/mol. The number of hydrogen-bond acceptors (Lipinski definition) is 3. The predicted octanol–water partition coefficient (Wildman–Crippen LogP) is 0.173. The van der Waals surface area contributed by atoms with E-state index >= 15 is 0 Å². The highest BCUT2D eigenvalue weighted by atomic mass is 16.2. The molecule has 1 heterocycles. The van der Waals surface area contributed by atoms with E-state index in [-0.39, 0.29) is 11.9 Å². The van der Waals surface area contributed by atoms with Gasteiger partial charge in [0.1, 0.15) is 0 Å². The molecule has 0 saturated carbocycles. The Balaban J connectivity index is 1.83. The van der Waals surface area contributed by atoms with Crippen LogP contribution in [0.5, 0.6) is 0 Å². The van der Waals surface area contributed by atoms with Crippen LogP contribution in [0.2, 0.25) is 0 Å². The van der Waals surface area contributed by atoms with Gasteiger partial charge in [-0.15, -0.1) is 0 Å². The molecule has 4 nitrogen and oxygen atoms in total. The smallest absolute Gasteiger partial charge is 0.238 e. The zero-order chi connectivity index (χ0) is 12.1. The number of piperazine rings is 1. The lowest BCUT2D eigenvalue weighted by atomic mass is 10.1. The molecule has 1 fully saturated rings. The minimum atomic E-state index is -0.103. The van der Waals surface area contributed by atoms with E-state index < -0.39 is 0 Å². The Kier molecular flexibility index (Phi) is 4.12. The first-order chi connectivity index (χ1) is 8.25. The largest absolute Gasteiger partial charge is 0.351 e. The molecule has 17 heavy (non-hydrogen) atoms. The quantitative estimate of drug-likeness (QED) is 0.698. The van der Waals surface area contributed by atoms with Gasteiger partial charge in [-0.1, -0.05) is 29.8 Å². The van der Waals surface area contributed by atoms with Gasteiger partial charge in [-0.05, 0) is 12.5 Å². The summed E-state index contributed by atoms with van der Waals surface area (Å²) < 4.78 is 0. The Labute approximate surface area is 102 Å². The third-order valence-corrected chi connectivity index (χ3v) is 2.91. The van der Waals surface area contributed by atoms with Crippen LogP contribution in [0.1, 0.15) is 11.1 Å². The van der Waals surface area contributed by atoms with Crippen molar-refractivity contribution in [2.75, 3.05) is 19.6 Å². The zero-order valence-corrected chi connectivity index (χ0v) is 10.1. The molecule has 3 N–H and O–H groups in total. The number of aryl methyl sites for hydroxylation is 1. The van der Waals surface area contributed by atoms with Crippen LogP contribution in [0.15, 0.2) is 24.3 Å². The summed E-state index contributed by atoms with van der Waals surface area (Å²) in [6.45, 7) is 5.14. The van der Waals surface area contributed by atoms with Crippen LogP contribution >= 0.6 is 0 Å². The van der Waals surface area contributed by atoms with Crippen LogP contribution in [-0.4, -0.2) is 31.6 Å². The van der Waals surface area contributed by atoms with Crippen molar-refractivity contribution >= 4 is 5.91 Å². The molecule has 1 unspecified atom stereocenters. The molecule has 1 aliphatic rings. The van der Waals surface area contributed by atoms with Crippen LogP contribution < -0.4 is 16.0 Å². The third-order valence-electron chi connectivity index (χ3n) is 2.91. The molecule has 0 bridgehead atoms. The third kappa shape index (κ3) is 3.54. The fraction of sp³-hybridized carbons (Fsp3) is 0.462. The summed E-state index contributed by atoms with van der Waals surface area (Å²) in [5.41, 5.74) is 2.36. The molecule has 1 saturated heterocycles. The van der Waals surface area contributed by atoms with E-state index in [1.54, 1.807) is 0 Å². The summed E-state index contributed by atoms with van der Waals surface area (Å²) in [7, 11) is 0. The zero-order valence-electron chi connectivity index (χ0n) is 10.1. The molecule has 1 aromatic rings.